The van der Waals surface area contributed by atoms with Crippen LogP contribution in [0.15, 0.2) is 12.1 Å². The second kappa shape index (κ2) is 4.92. The molecule has 1 aromatic rings. The third kappa shape index (κ3) is 2.44. The molecule has 1 heterocycles. The molecule has 1 aliphatic heterocycles. The van der Waals surface area contributed by atoms with Crippen molar-refractivity contribution in [2.45, 2.75) is 52.2 Å². The zero-order valence-electron chi connectivity index (χ0n) is 12.3. The Balaban J connectivity index is 1.75. The number of benzene rings is 1. The predicted octanol–water partition coefficient (Wildman–Crippen LogP) is 3.13. The zero-order valence-corrected chi connectivity index (χ0v) is 12.3. The van der Waals surface area contributed by atoms with Crippen molar-refractivity contribution in [1.29, 1.82) is 0 Å². The third-order valence-corrected chi connectivity index (χ3v) is 5.00. The number of aliphatic hydroxyl groups excluding tert-OH is 1. The van der Waals surface area contributed by atoms with E-state index in [-0.39, 0.29) is 6.10 Å². The van der Waals surface area contributed by atoms with Crippen LogP contribution in [0.3, 0.4) is 0 Å². The summed E-state index contributed by atoms with van der Waals surface area (Å²) in [7, 11) is 0. The molecule has 0 amide bonds. The molecular weight excluding hydrogens is 234 g/mol. The molecule has 0 spiro atoms. The Kier molecular flexibility index (Phi) is 3.40. The molecule has 19 heavy (non-hydrogen) atoms. The van der Waals surface area contributed by atoms with Crippen LogP contribution in [0.4, 0.5) is 0 Å². The lowest BCUT2D eigenvalue weighted by Crippen LogP contribution is -2.35. The molecule has 2 aliphatic rings. The van der Waals surface area contributed by atoms with Gasteiger partial charge in [-0.25, -0.2) is 0 Å². The molecule has 1 N–H and O–H groups in total. The molecule has 1 aliphatic carbocycles. The molecule has 2 fully saturated rings. The van der Waals surface area contributed by atoms with Gasteiger partial charge in [-0.2, -0.15) is 0 Å². The van der Waals surface area contributed by atoms with Gasteiger partial charge in [-0.1, -0.05) is 17.7 Å². The first-order chi connectivity index (χ1) is 9.04. The third-order valence-electron chi connectivity index (χ3n) is 5.00. The molecule has 2 nitrogen and oxygen atoms in total. The number of rotatable bonds is 3. The average Bonchev–Trinajstić information content (AvgIpc) is 2.89. The summed E-state index contributed by atoms with van der Waals surface area (Å²) in [5, 5.41) is 10.6. The van der Waals surface area contributed by atoms with Gasteiger partial charge in [0.25, 0.3) is 0 Å². The average molecular weight is 259 g/mol. The molecule has 1 saturated carbocycles. The molecule has 2 bridgehead atoms. The van der Waals surface area contributed by atoms with Crippen LogP contribution < -0.4 is 0 Å². The normalized spacial score (nSPS) is 28.0. The van der Waals surface area contributed by atoms with E-state index >= 15 is 0 Å². The van der Waals surface area contributed by atoms with Gasteiger partial charge in [0.05, 0.1) is 6.10 Å². The molecule has 3 atom stereocenters. The maximum atomic E-state index is 10.6. The summed E-state index contributed by atoms with van der Waals surface area (Å²) in [5.74, 6) is 0.900. The van der Waals surface area contributed by atoms with Crippen molar-refractivity contribution in [3.63, 3.8) is 0 Å². The van der Waals surface area contributed by atoms with Crippen molar-refractivity contribution < 1.29 is 5.11 Å². The molecule has 1 aromatic carbocycles. The highest BCUT2D eigenvalue weighted by Gasteiger charge is 2.38. The summed E-state index contributed by atoms with van der Waals surface area (Å²) in [6.45, 7) is 8.37. The van der Waals surface area contributed by atoms with E-state index in [2.05, 4.69) is 37.8 Å². The Morgan fingerprint density at radius 1 is 1.21 bits per heavy atom. The van der Waals surface area contributed by atoms with E-state index < -0.39 is 0 Å². The van der Waals surface area contributed by atoms with Gasteiger partial charge in [0.15, 0.2) is 0 Å². The summed E-state index contributed by atoms with van der Waals surface area (Å²) >= 11 is 0. The Morgan fingerprint density at radius 3 is 2.42 bits per heavy atom. The van der Waals surface area contributed by atoms with Gasteiger partial charge in [-0.05, 0) is 62.6 Å². The topological polar surface area (TPSA) is 23.5 Å². The Hall–Kier alpha value is -0.860. The van der Waals surface area contributed by atoms with E-state index in [0.717, 1.165) is 24.1 Å². The standard InChI is InChI=1S/C17H25NO/c1-11-6-12(2)17(13(3)7-11)16(19)10-18-9-14-4-5-15(18)8-14/h6-7,14-16,19H,4-5,8-10H2,1-3H3. The summed E-state index contributed by atoms with van der Waals surface area (Å²) in [4.78, 5) is 2.51. The van der Waals surface area contributed by atoms with E-state index in [1.54, 1.807) is 0 Å². The van der Waals surface area contributed by atoms with Crippen LogP contribution in [-0.4, -0.2) is 29.1 Å². The lowest BCUT2D eigenvalue weighted by atomic mass is 9.95. The quantitative estimate of drug-likeness (QED) is 0.901. The van der Waals surface area contributed by atoms with Crippen molar-refractivity contribution in [3.8, 4) is 0 Å². The number of nitrogens with zero attached hydrogens (tertiary/aromatic N) is 1. The highest BCUT2D eigenvalue weighted by molar-refractivity contribution is 5.39. The first-order valence-corrected chi connectivity index (χ1v) is 7.54. The van der Waals surface area contributed by atoms with Crippen LogP contribution in [0.25, 0.3) is 0 Å². The number of aliphatic hydroxyl groups is 1. The lowest BCUT2D eigenvalue weighted by Gasteiger charge is -2.30. The lowest BCUT2D eigenvalue weighted by molar-refractivity contribution is 0.0938. The molecule has 0 aromatic heterocycles. The predicted molar refractivity (Wildman–Crippen MR) is 78.3 cm³/mol. The van der Waals surface area contributed by atoms with Crippen LogP contribution in [-0.2, 0) is 0 Å². The number of aryl methyl sites for hydroxylation is 3. The van der Waals surface area contributed by atoms with Crippen LogP contribution in [0.5, 0.6) is 0 Å². The zero-order chi connectivity index (χ0) is 13.6. The first-order valence-electron chi connectivity index (χ1n) is 7.54. The highest BCUT2D eigenvalue weighted by Crippen LogP contribution is 2.38. The van der Waals surface area contributed by atoms with Crippen molar-refractivity contribution in [2.24, 2.45) is 5.92 Å². The Labute approximate surface area is 116 Å². The second-order valence-corrected chi connectivity index (χ2v) is 6.61. The minimum atomic E-state index is -0.333. The Morgan fingerprint density at radius 2 is 1.89 bits per heavy atom. The molecule has 3 rings (SSSR count). The van der Waals surface area contributed by atoms with Gasteiger partial charge in [-0.15, -0.1) is 0 Å². The number of piperidine rings is 1. The van der Waals surface area contributed by atoms with Crippen molar-refractivity contribution in [2.75, 3.05) is 13.1 Å². The highest BCUT2D eigenvalue weighted by atomic mass is 16.3. The SMILES string of the molecule is Cc1cc(C)c(C(O)CN2CC3CCC2C3)c(C)c1. The minimum absolute atomic E-state index is 0.333. The summed E-state index contributed by atoms with van der Waals surface area (Å²) in [6.07, 6.45) is 3.77. The van der Waals surface area contributed by atoms with E-state index in [0.29, 0.717) is 0 Å². The maximum Gasteiger partial charge on any atom is 0.0922 e. The van der Waals surface area contributed by atoms with Gasteiger partial charge >= 0.3 is 0 Å². The second-order valence-electron chi connectivity index (χ2n) is 6.61. The van der Waals surface area contributed by atoms with E-state index in [4.69, 9.17) is 0 Å². The van der Waals surface area contributed by atoms with Crippen molar-refractivity contribution in [3.05, 3.63) is 34.4 Å². The van der Waals surface area contributed by atoms with E-state index in [1.807, 2.05) is 0 Å². The van der Waals surface area contributed by atoms with Crippen LogP contribution >= 0.6 is 0 Å². The maximum absolute atomic E-state index is 10.6. The van der Waals surface area contributed by atoms with E-state index in [9.17, 15) is 5.11 Å². The molecule has 3 unspecified atom stereocenters. The summed E-state index contributed by atoms with van der Waals surface area (Å²) in [6, 6.07) is 5.11. The summed E-state index contributed by atoms with van der Waals surface area (Å²) < 4.78 is 0. The van der Waals surface area contributed by atoms with Crippen LogP contribution in [0.2, 0.25) is 0 Å². The molecule has 0 radical (unpaired) electrons. The fraction of sp³-hybridized carbons (Fsp3) is 0.647. The molecule has 104 valence electrons. The van der Waals surface area contributed by atoms with Gasteiger partial charge < -0.3 is 5.11 Å². The molecular formula is C17H25NO. The monoisotopic (exact) mass is 259 g/mol. The van der Waals surface area contributed by atoms with Gasteiger partial charge in [-0.3, -0.25) is 4.90 Å². The van der Waals surface area contributed by atoms with Gasteiger partial charge in [0.1, 0.15) is 0 Å². The molecule has 1 saturated heterocycles. The largest absolute Gasteiger partial charge is 0.387 e. The first kappa shape index (κ1) is 13.1. The van der Waals surface area contributed by atoms with Crippen LogP contribution in [0.1, 0.15) is 47.6 Å². The van der Waals surface area contributed by atoms with Crippen molar-refractivity contribution >= 4 is 0 Å². The number of likely N-dealkylation sites (tertiary alicyclic amines) is 1. The fourth-order valence-corrected chi connectivity index (χ4v) is 4.28. The number of hydrogen-bond acceptors (Lipinski definition) is 2. The summed E-state index contributed by atoms with van der Waals surface area (Å²) in [5.41, 5.74) is 4.89. The van der Waals surface area contributed by atoms with Gasteiger partial charge in [0.2, 0.25) is 0 Å². The van der Waals surface area contributed by atoms with Gasteiger partial charge in [0, 0.05) is 19.1 Å². The smallest absolute Gasteiger partial charge is 0.0922 e. The number of β-amino-alcohol motifs (C(OH)–C–C–N with tert-alkyl or cyclic N) is 1. The van der Waals surface area contributed by atoms with E-state index in [1.165, 1.54) is 42.5 Å². The number of hydrogen-bond donors (Lipinski definition) is 1. The van der Waals surface area contributed by atoms with Crippen molar-refractivity contribution in [1.82, 2.24) is 4.90 Å². The van der Waals surface area contributed by atoms with Crippen LogP contribution in [0, 0.1) is 26.7 Å². The molecule has 2 heteroatoms. The fourth-order valence-electron chi connectivity index (χ4n) is 4.28. The number of fused-ring (bicyclic) bond motifs is 2. The minimum Gasteiger partial charge on any atom is -0.387 e. The Bertz CT molecular complexity index is 459.